The molecule has 0 radical (unpaired) electrons. The largest absolute Gasteiger partial charge is 0.454 e. The first-order valence-corrected chi connectivity index (χ1v) is 9.97. The monoisotopic (exact) mass is 372 g/mol. The summed E-state index contributed by atoms with van der Waals surface area (Å²) in [5, 5.41) is 5.40. The summed E-state index contributed by atoms with van der Waals surface area (Å²) >= 11 is 1.71. The zero-order valence-electron chi connectivity index (χ0n) is 15.0. The molecule has 138 valence electrons. The smallest absolute Gasteiger partial charge is 0.237 e. The van der Waals surface area contributed by atoms with Gasteiger partial charge in [-0.3, -0.25) is 4.79 Å². The van der Waals surface area contributed by atoms with Crippen LogP contribution < -0.4 is 14.8 Å². The van der Waals surface area contributed by atoms with Gasteiger partial charge in [0.05, 0.1) is 13.1 Å². The highest BCUT2D eigenvalue weighted by Gasteiger charge is 2.22. The van der Waals surface area contributed by atoms with Crippen molar-refractivity contribution in [3.63, 3.8) is 0 Å². The molecule has 0 saturated heterocycles. The third-order valence-electron chi connectivity index (χ3n) is 4.87. The molecule has 2 aliphatic rings. The summed E-state index contributed by atoms with van der Waals surface area (Å²) in [6, 6.07) is 8.00. The zero-order valence-corrected chi connectivity index (χ0v) is 15.8. The molecule has 1 aromatic heterocycles. The van der Waals surface area contributed by atoms with Gasteiger partial charge in [0.15, 0.2) is 11.5 Å². The van der Waals surface area contributed by atoms with Crippen molar-refractivity contribution in [2.45, 2.75) is 32.9 Å². The zero-order chi connectivity index (χ0) is 17.9. The van der Waals surface area contributed by atoms with E-state index in [2.05, 4.69) is 23.7 Å². The fourth-order valence-electron chi connectivity index (χ4n) is 3.05. The molecular formula is C20H24N2O3S. The number of benzene rings is 1. The van der Waals surface area contributed by atoms with Crippen LogP contribution in [-0.4, -0.2) is 30.7 Å². The number of thiophene rings is 1. The number of nitrogens with one attached hydrogen (secondary N) is 1. The molecule has 1 aliphatic heterocycles. The minimum atomic E-state index is 0.135. The Morgan fingerprint density at radius 1 is 1.23 bits per heavy atom. The van der Waals surface area contributed by atoms with Gasteiger partial charge in [-0.25, -0.2) is 0 Å². The maximum atomic E-state index is 12.8. The third kappa shape index (κ3) is 4.19. The fraction of sp³-hybridized carbons (Fsp3) is 0.450. The minimum absolute atomic E-state index is 0.135. The Bertz CT molecular complexity index is 785. The number of carbonyl (C=O) groups is 1. The van der Waals surface area contributed by atoms with Crippen molar-refractivity contribution in [3.05, 3.63) is 45.6 Å². The fourth-order valence-corrected chi connectivity index (χ4v) is 3.97. The summed E-state index contributed by atoms with van der Waals surface area (Å²) < 4.78 is 10.8. The molecule has 2 aromatic rings. The lowest BCUT2D eigenvalue weighted by Crippen LogP contribution is -2.38. The van der Waals surface area contributed by atoms with E-state index >= 15 is 0 Å². The highest BCUT2D eigenvalue weighted by molar-refractivity contribution is 7.10. The van der Waals surface area contributed by atoms with Gasteiger partial charge in [0.25, 0.3) is 0 Å². The Labute approximate surface area is 157 Å². The molecule has 1 saturated carbocycles. The van der Waals surface area contributed by atoms with Crippen molar-refractivity contribution in [3.8, 4) is 11.5 Å². The molecule has 1 N–H and O–H groups in total. The molecule has 0 unspecified atom stereocenters. The normalized spacial score (nSPS) is 15.3. The molecule has 1 aliphatic carbocycles. The standard InChI is InChI=1S/C20H24N2O3S/c1-14-6-7-26-19(14)12-22(20(23)10-21-9-15-2-3-15)11-16-4-5-17-18(8-16)25-13-24-17/h4-8,15,21H,2-3,9-13H2,1H3. The molecule has 0 spiro atoms. The molecule has 0 bridgehead atoms. The maximum absolute atomic E-state index is 12.8. The van der Waals surface area contributed by atoms with Gasteiger partial charge < -0.3 is 19.7 Å². The quantitative estimate of drug-likeness (QED) is 0.772. The van der Waals surface area contributed by atoms with E-state index in [-0.39, 0.29) is 12.7 Å². The average Bonchev–Trinajstić information content (AvgIpc) is 3.18. The molecule has 0 atom stereocenters. The van der Waals surface area contributed by atoms with E-state index in [4.69, 9.17) is 9.47 Å². The Kier molecular flexibility index (Phi) is 5.13. The van der Waals surface area contributed by atoms with Crippen LogP contribution in [0, 0.1) is 12.8 Å². The summed E-state index contributed by atoms with van der Waals surface area (Å²) in [5.74, 6) is 2.43. The molecule has 4 rings (SSSR count). The molecule has 1 aromatic carbocycles. The van der Waals surface area contributed by atoms with Crippen LogP contribution >= 0.6 is 11.3 Å². The topological polar surface area (TPSA) is 50.8 Å². The van der Waals surface area contributed by atoms with E-state index < -0.39 is 0 Å². The predicted molar refractivity (Wildman–Crippen MR) is 101 cm³/mol. The SMILES string of the molecule is Cc1ccsc1CN(Cc1ccc2c(c1)OCO2)C(=O)CNCC1CC1. The third-order valence-corrected chi connectivity index (χ3v) is 5.88. The number of hydrogen-bond acceptors (Lipinski definition) is 5. The number of ether oxygens (including phenoxy) is 2. The number of rotatable bonds is 8. The number of aryl methyl sites for hydroxylation is 1. The van der Waals surface area contributed by atoms with Gasteiger partial charge in [-0.2, -0.15) is 0 Å². The van der Waals surface area contributed by atoms with Crippen molar-refractivity contribution in [2.75, 3.05) is 19.9 Å². The molecule has 1 amide bonds. The van der Waals surface area contributed by atoms with Crippen molar-refractivity contribution in [1.29, 1.82) is 0 Å². The highest BCUT2D eigenvalue weighted by atomic mass is 32.1. The number of nitrogens with zero attached hydrogens (tertiary/aromatic N) is 1. The van der Waals surface area contributed by atoms with Gasteiger partial charge in [-0.15, -0.1) is 11.3 Å². The lowest BCUT2D eigenvalue weighted by Gasteiger charge is -2.23. The Hall–Kier alpha value is -2.05. The van der Waals surface area contributed by atoms with Crippen LogP contribution in [0.3, 0.4) is 0 Å². The van der Waals surface area contributed by atoms with E-state index in [0.29, 0.717) is 19.6 Å². The molecular weight excluding hydrogens is 348 g/mol. The molecule has 26 heavy (non-hydrogen) atoms. The number of hydrogen-bond donors (Lipinski definition) is 1. The summed E-state index contributed by atoms with van der Waals surface area (Å²) in [5.41, 5.74) is 2.29. The van der Waals surface area contributed by atoms with E-state index in [0.717, 1.165) is 29.5 Å². The van der Waals surface area contributed by atoms with Crippen LogP contribution in [0.4, 0.5) is 0 Å². The second-order valence-electron chi connectivity index (χ2n) is 7.04. The molecule has 1 fully saturated rings. The second-order valence-corrected chi connectivity index (χ2v) is 8.04. The van der Waals surface area contributed by atoms with Gasteiger partial charge >= 0.3 is 0 Å². The Morgan fingerprint density at radius 3 is 2.85 bits per heavy atom. The van der Waals surface area contributed by atoms with E-state index in [1.54, 1.807) is 11.3 Å². The van der Waals surface area contributed by atoms with Crippen LogP contribution in [-0.2, 0) is 17.9 Å². The van der Waals surface area contributed by atoms with Crippen LogP contribution in [0.25, 0.3) is 0 Å². The number of carbonyl (C=O) groups excluding carboxylic acids is 1. The summed E-state index contributed by atoms with van der Waals surface area (Å²) in [4.78, 5) is 16.0. The Balaban J connectivity index is 1.45. The highest BCUT2D eigenvalue weighted by Crippen LogP contribution is 2.33. The van der Waals surface area contributed by atoms with Gasteiger partial charge in [0, 0.05) is 11.4 Å². The van der Waals surface area contributed by atoms with Crippen LogP contribution in [0.2, 0.25) is 0 Å². The summed E-state index contributed by atoms with van der Waals surface area (Å²) in [7, 11) is 0. The second kappa shape index (κ2) is 7.68. The molecule has 6 heteroatoms. The number of fused-ring (bicyclic) bond motifs is 1. The van der Waals surface area contributed by atoms with E-state index in [1.165, 1.54) is 23.3 Å². The lowest BCUT2D eigenvalue weighted by atomic mass is 10.1. The van der Waals surface area contributed by atoms with Crippen molar-refractivity contribution < 1.29 is 14.3 Å². The molecule has 2 heterocycles. The van der Waals surface area contributed by atoms with E-state index in [1.807, 2.05) is 23.1 Å². The first-order chi connectivity index (χ1) is 12.7. The van der Waals surface area contributed by atoms with Crippen LogP contribution in [0.5, 0.6) is 11.5 Å². The summed E-state index contributed by atoms with van der Waals surface area (Å²) in [6.45, 7) is 4.91. The maximum Gasteiger partial charge on any atom is 0.237 e. The summed E-state index contributed by atoms with van der Waals surface area (Å²) in [6.07, 6.45) is 2.58. The molecule has 5 nitrogen and oxygen atoms in total. The van der Waals surface area contributed by atoms with Crippen molar-refractivity contribution in [2.24, 2.45) is 5.92 Å². The first-order valence-electron chi connectivity index (χ1n) is 9.09. The van der Waals surface area contributed by atoms with Crippen molar-refractivity contribution in [1.82, 2.24) is 10.2 Å². The van der Waals surface area contributed by atoms with Gasteiger partial charge in [-0.05, 0) is 66.9 Å². The first kappa shape index (κ1) is 17.4. The predicted octanol–water partition coefficient (Wildman–Crippen LogP) is 3.31. The lowest BCUT2D eigenvalue weighted by molar-refractivity contribution is -0.131. The van der Waals surface area contributed by atoms with Crippen LogP contribution in [0.1, 0.15) is 28.8 Å². The average molecular weight is 372 g/mol. The minimum Gasteiger partial charge on any atom is -0.454 e. The number of amides is 1. The Morgan fingerprint density at radius 2 is 2.08 bits per heavy atom. The van der Waals surface area contributed by atoms with Gasteiger partial charge in [-0.1, -0.05) is 6.07 Å². The van der Waals surface area contributed by atoms with Crippen molar-refractivity contribution >= 4 is 17.2 Å². The van der Waals surface area contributed by atoms with E-state index in [9.17, 15) is 4.79 Å². The van der Waals surface area contributed by atoms with Gasteiger partial charge in [0.1, 0.15) is 0 Å². The van der Waals surface area contributed by atoms with Crippen LogP contribution in [0.15, 0.2) is 29.6 Å². The van der Waals surface area contributed by atoms with Gasteiger partial charge in [0.2, 0.25) is 12.7 Å².